The number of carbonyl (C=O) groups excluding carboxylic acids is 1. The third kappa shape index (κ3) is 6.25. The minimum atomic E-state index is -4.32. The number of hydrogen-bond acceptors (Lipinski definition) is 3. The van der Waals surface area contributed by atoms with Crippen molar-refractivity contribution in [3.63, 3.8) is 0 Å². The molecule has 0 radical (unpaired) electrons. The van der Waals surface area contributed by atoms with Crippen molar-refractivity contribution in [2.75, 3.05) is 33.8 Å². The van der Waals surface area contributed by atoms with Gasteiger partial charge in [-0.05, 0) is 30.0 Å². The molecular weight excluding hydrogens is 474 g/mol. The summed E-state index contributed by atoms with van der Waals surface area (Å²) < 4.78 is 42.6. The van der Waals surface area contributed by atoms with Crippen LogP contribution in [-0.2, 0) is 22.1 Å². The number of ether oxygens (including phenoxy) is 1. The summed E-state index contributed by atoms with van der Waals surface area (Å²) in [6.07, 6.45) is -3.75. The molecule has 5 nitrogen and oxygen atoms in total. The van der Waals surface area contributed by atoms with Crippen molar-refractivity contribution in [1.82, 2.24) is 10.2 Å². The summed E-state index contributed by atoms with van der Waals surface area (Å²) >= 11 is 0. The van der Waals surface area contributed by atoms with Crippen LogP contribution in [0.25, 0.3) is 0 Å². The number of esters is 1. The number of carbonyl (C=O) groups is 1. The Bertz CT molecular complexity index is 650. The number of halogens is 4. The molecule has 1 aromatic rings. The topological polar surface area (TPSA) is 53.9 Å². The molecule has 2 rings (SSSR count). The van der Waals surface area contributed by atoms with Crippen LogP contribution in [-0.4, -0.2) is 50.6 Å². The zero-order chi connectivity index (χ0) is 19.3. The molecule has 2 unspecified atom stereocenters. The number of alkyl halides is 3. The maximum atomic E-state index is 12.6. The van der Waals surface area contributed by atoms with Gasteiger partial charge in [0.15, 0.2) is 5.96 Å². The molecule has 9 heteroatoms. The molecular formula is C18H25F3IN3O2. The van der Waals surface area contributed by atoms with E-state index < -0.39 is 11.7 Å². The van der Waals surface area contributed by atoms with E-state index in [1.807, 2.05) is 11.8 Å². The van der Waals surface area contributed by atoms with Gasteiger partial charge >= 0.3 is 12.1 Å². The quantitative estimate of drug-likeness (QED) is 0.300. The number of aliphatic imine (C=N–C) groups is 1. The summed E-state index contributed by atoms with van der Waals surface area (Å²) in [4.78, 5) is 18.0. The average Bonchev–Trinajstić information content (AvgIpc) is 2.99. The van der Waals surface area contributed by atoms with E-state index >= 15 is 0 Å². The van der Waals surface area contributed by atoms with Crippen LogP contribution < -0.4 is 5.32 Å². The number of benzene rings is 1. The Balaban J connectivity index is 0.00000364. The van der Waals surface area contributed by atoms with Crippen LogP contribution in [0.2, 0.25) is 0 Å². The van der Waals surface area contributed by atoms with E-state index in [0.29, 0.717) is 32.0 Å². The Morgan fingerprint density at radius 1 is 1.30 bits per heavy atom. The number of rotatable bonds is 4. The van der Waals surface area contributed by atoms with E-state index in [4.69, 9.17) is 4.74 Å². The van der Waals surface area contributed by atoms with Gasteiger partial charge < -0.3 is 15.0 Å². The number of nitrogens with one attached hydrogen (secondary N) is 1. The number of methoxy groups -OCH3 is 1. The van der Waals surface area contributed by atoms with Crippen LogP contribution in [0.5, 0.6) is 0 Å². The molecule has 1 saturated heterocycles. The molecule has 0 amide bonds. The van der Waals surface area contributed by atoms with Crippen molar-refractivity contribution in [3.05, 3.63) is 35.4 Å². The second-order valence-corrected chi connectivity index (χ2v) is 6.43. The van der Waals surface area contributed by atoms with Gasteiger partial charge in [0.05, 0.1) is 18.6 Å². The predicted octanol–water partition coefficient (Wildman–Crippen LogP) is 3.18. The summed E-state index contributed by atoms with van der Waals surface area (Å²) in [5.41, 5.74) is 0.160. The minimum Gasteiger partial charge on any atom is -0.469 e. The first-order chi connectivity index (χ1) is 12.3. The fraction of sp³-hybridized carbons (Fsp3) is 0.556. The van der Waals surface area contributed by atoms with Crippen LogP contribution in [0.4, 0.5) is 13.2 Å². The van der Waals surface area contributed by atoms with Crippen molar-refractivity contribution >= 4 is 35.9 Å². The third-order valence-electron chi connectivity index (χ3n) is 4.61. The fourth-order valence-corrected chi connectivity index (χ4v) is 3.11. The maximum absolute atomic E-state index is 12.6. The van der Waals surface area contributed by atoms with E-state index in [1.54, 1.807) is 7.05 Å². The third-order valence-corrected chi connectivity index (χ3v) is 4.61. The SMILES string of the molecule is CN=C(NCCc1ccc(C(F)(F)F)cc1)N1CC(C)C(C(=O)OC)C1.I. The first-order valence-electron chi connectivity index (χ1n) is 8.45. The van der Waals surface area contributed by atoms with Gasteiger partial charge in [0.2, 0.25) is 0 Å². The largest absolute Gasteiger partial charge is 0.469 e. The molecule has 2 atom stereocenters. The second-order valence-electron chi connectivity index (χ2n) is 6.43. The zero-order valence-corrected chi connectivity index (χ0v) is 17.9. The van der Waals surface area contributed by atoms with Gasteiger partial charge in [-0.25, -0.2) is 0 Å². The van der Waals surface area contributed by atoms with E-state index in [-0.39, 0.29) is 41.8 Å². The molecule has 152 valence electrons. The summed E-state index contributed by atoms with van der Waals surface area (Å²) in [5.74, 6) is 0.430. The number of hydrogen-bond donors (Lipinski definition) is 1. The van der Waals surface area contributed by atoms with Crippen LogP contribution >= 0.6 is 24.0 Å². The standard InChI is InChI=1S/C18H24F3N3O2.HI/c1-12-10-24(11-15(12)16(25)26-3)17(22-2)23-9-8-13-4-6-14(7-5-13)18(19,20)21;/h4-7,12,15H,8-11H2,1-3H3,(H,22,23);1H. The van der Waals surface area contributed by atoms with Gasteiger partial charge in [0.1, 0.15) is 0 Å². The molecule has 0 aliphatic carbocycles. The summed E-state index contributed by atoms with van der Waals surface area (Å²) in [6.45, 7) is 3.76. The smallest absolute Gasteiger partial charge is 0.416 e. The lowest BCUT2D eigenvalue weighted by Crippen LogP contribution is -2.41. The predicted molar refractivity (Wildman–Crippen MR) is 108 cm³/mol. The first kappa shape index (κ1) is 23.5. The molecule has 27 heavy (non-hydrogen) atoms. The Morgan fingerprint density at radius 2 is 1.93 bits per heavy atom. The lowest BCUT2D eigenvalue weighted by atomic mass is 9.99. The first-order valence-corrected chi connectivity index (χ1v) is 8.45. The summed E-state index contributed by atoms with van der Waals surface area (Å²) in [5, 5.41) is 3.20. The highest BCUT2D eigenvalue weighted by Gasteiger charge is 2.36. The van der Waals surface area contributed by atoms with Crippen molar-refractivity contribution in [1.29, 1.82) is 0 Å². The van der Waals surface area contributed by atoms with Crippen molar-refractivity contribution in [2.45, 2.75) is 19.5 Å². The van der Waals surface area contributed by atoms with Crippen molar-refractivity contribution in [3.8, 4) is 0 Å². The Morgan fingerprint density at radius 3 is 2.44 bits per heavy atom. The lowest BCUT2D eigenvalue weighted by Gasteiger charge is -2.21. The van der Waals surface area contributed by atoms with Crippen LogP contribution in [0, 0.1) is 11.8 Å². The molecule has 1 aromatic carbocycles. The van der Waals surface area contributed by atoms with Crippen molar-refractivity contribution in [2.24, 2.45) is 16.8 Å². The van der Waals surface area contributed by atoms with Gasteiger partial charge in [0, 0.05) is 26.7 Å². The van der Waals surface area contributed by atoms with Gasteiger partial charge in [-0.2, -0.15) is 13.2 Å². The maximum Gasteiger partial charge on any atom is 0.416 e. The molecule has 1 aliphatic heterocycles. The fourth-order valence-electron chi connectivity index (χ4n) is 3.11. The molecule has 0 aromatic heterocycles. The average molecular weight is 499 g/mol. The highest BCUT2D eigenvalue weighted by molar-refractivity contribution is 14.0. The molecule has 1 heterocycles. The van der Waals surface area contributed by atoms with E-state index in [9.17, 15) is 18.0 Å². The molecule has 1 fully saturated rings. The number of likely N-dealkylation sites (tertiary alicyclic amines) is 1. The Labute approximate surface area is 174 Å². The highest BCUT2D eigenvalue weighted by atomic mass is 127. The molecule has 1 aliphatic rings. The van der Waals surface area contributed by atoms with Crippen LogP contribution in [0.15, 0.2) is 29.3 Å². The molecule has 1 N–H and O–H groups in total. The van der Waals surface area contributed by atoms with E-state index in [1.165, 1.54) is 19.2 Å². The van der Waals surface area contributed by atoms with Gasteiger partial charge in [-0.1, -0.05) is 19.1 Å². The van der Waals surface area contributed by atoms with E-state index in [0.717, 1.165) is 17.7 Å². The lowest BCUT2D eigenvalue weighted by molar-refractivity contribution is -0.146. The van der Waals surface area contributed by atoms with Gasteiger partial charge in [-0.3, -0.25) is 9.79 Å². The van der Waals surface area contributed by atoms with Crippen LogP contribution in [0.1, 0.15) is 18.1 Å². The zero-order valence-electron chi connectivity index (χ0n) is 15.5. The van der Waals surface area contributed by atoms with E-state index in [2.05, 4.69) is 10.3 Å². The molecule has 0 saturated carbocycles. The molecule has 0 spiro atoms. The number of guanidine groups is 1. The molecule has 0 bridgehead atoms. The van der Waals surface area contributed by atoms with Gasteiger partial charge in [0.25, 0.3) is 0 Å². The Hall–Kier alpha value is -1.52. The minimum absolute atomic E-state index is 0. The summed E-state index contributed by atoms with van der Waals surface area (Å²) in [7, 11) is 3.05. The van der Waals surface area contributed by atoms with Gasteiger partial charge in [-0.15, -0.1) is 24.0 Å². The highest BCUT2D eigenvalue weighted by Crippen LogP contribution is 2.29. The summed E-state index contributed by atoms with van der Waals surface area (Å²) in [6, 6.07) is 5.15. The van der Waals surface area contributed by atoms with Crippen LogP contribution in [0.3, 0.4) is 0 Å². The second kappa shape index (κ2) is 10.1. The van der Waals surface area contributed by atoms with Crippen molar-refractivity contribution < 1.29 is 22.7 Å². The Kier molecular flexibility index (Phi) is 8.83. The number of nitrogens with zero attached hydrogens (tertiary/aromatic N) is 2. The normalized spacial score (nSPS) is 20.2. The monoisotopic (exact) mass is 499 g/mol.